The van der Waals surface area contributed by atoms with Gasteiger partial charge in [-0.05, 0) is 73.7 Å². The second-order valence-electron chi connectivity index (χ2n) is 22.4. The van der Waals surface area contributed by atoms with Crippen LogP contribution in [-0.4, -0.2) is 40.5 Å². The highest BCUT2D eigenvalue weighted by Gasteiger charge is 2.30. The van der Waals surface area contributed by atoms with Gasteiger partial charge < -0.3 is 14.2 Å². The van der Waals surface area contributed by atoms with Crippen LogP contribution in [-0.2, 0) is 9.47 Å². The van der Waals surface area contributed by atoms with Crippen LogP contribution in [0.5, 0.6) is 5.75 Å². The Labute approximate surface area is 558 Å². The number of rotatable bonds is 37. The average Bonchev–Trinajstić information content (AvgIpc) is 1.66. The summed E-state index contributed by atoms with van der Waals surface area (Å²) < 4.78 is 31.1. The topological polar surface area (TPSA) is 87.6 Å². The van der Waals surface area contributed by atoms with Crippen molar-refractivity contribution in [1.82, 2.24) is 8.75 Å². The lowest BCUT2D eigenvalue weighted by atomic mass is 9.98. The first-order chi connectivity index (χ1) is 40.9. The van der Waals surface area contributed by atoms with Crippen LogP contribution in [0.4, 0.5) is 0 Å². The van der Waals surface area contributed by atoms with Crippen LogP contribution in [0, 0.1) is 6.92 Å². The summed E-state index contributed by atoms with van der Waals surface area (Å²) in [6.07, 6.45) is 31.1. The summed E-state index contributed by atoms with van der Waals surface area (Å²) in [6.45, 7) is 10.3. The molecular formula is C77H110N2O5S5. The number of fused-ring (bicyclic) bond motifs is 3. The predicted molar refractivity (Wildman–Crippen MR) is 399 cm³/mol. The average molecular weight is 1300 g/mol. The van der Waals surface area contributed by atoms with Crippen molar-refractivity contribution >= 4 is 100 Å². The number of hydrogen-bond donors (Lipinski definition) is 0. The number of benzene rings is 4. The highest BCUT2D eigenvalue weighted by molar-refractivity contribution is 7.28. The molecule has 7 nitrogen and oxygen atoms in total. The Morgan fingerprint density at radius 1 is 0.382 bits per heavy atom. The van der Waals surface area contributed by atoms with Gasteiger partial charge in [0.25, 0.3) is 0 Å². The molecule has 0 amide bonds. The third kappa shape index (κ3) is 20.6. The molecule has 0 aliphatic carbocycles. The molecule has 12 heteroatoms. The minimum atomic E-state index is -0.344. The van der Waals surface area contributed by atoms with E-state index in [0.717, 1.165) is 135 Å². The van der Waals surface area contributed by atoms with Crippen molar-refractivity contribution in [2.24, 2.45) is 0 Å². The normalized spacial score (nSPS) is 10.9. The molecule has 0 bridgehead atoms. The minimum absolute atomic E-state index is 0. The summed E-state index contributed by atoms with van der Waals surface area (Å²) in [5.41, 5.74) is 8.06. The standard InChI is InChI=1S/C71H86N2O5S5.6CH4/c1-5-8-11-14-17-19-21-23-26-35-46-77-70(74)62-53-48-59(52-39-32-29-33-40-52)81-68(53)63(71(75)78-47-36-27-24-22-20-18-15-12-9-6-2)54-49-60(82-69(54)62)56-42-44-57(80-56)61-50(4)67(76-45-34-25-16-13-10-7-3)64(66-65(61)72-83-73-66)58-43-41-55(79-58)51-37-30-28-31-38-51;;;;;;/h28-33,37-44,48-49H,5-27,34-36,45-47H2,1-4H3;6*1H4. The fourth-order valence-electron chi connectivity index (χ4n) is 11.4. The minimum Gasteiger partial charge on any atom is -0.493 e. The molecule has 9 rings (SSSR count). The van der Waals surface area contributed by atoms with Crippen molar-refractivity contribution in [2.45, 2.75) is 239 Å². The van der Waals surface area contributed by atoms with Crippen LogP contribution in [0.2, 0.25) is 0 Å². The van der Waals surface area contributed by atoms with E-state index in [2.05, 4.69) is 107 Å². The van der Waals surface area contributed by atoms with Crippen LogP contribution in [0.25, 0.3) is 82.7 Å². The lowest BCUT2D eigenvalue weighted by Gasteiger charge is -2.17. The highest BCUT2D eigenvalue weighted by Crippen LogP contribution is 2.52. The highest BCUT2D eigenvalue weighted by atomic mass is 32.1. The largest absolute Gasteiger partial charge is 0.493 e. The number of thiophene rings is 4. The molecule has 0 atom stereocenters. The van der Waals surface area contributed by atoms with E-state index >= 15 is 0 Å². The number of unbranched alkanes of at least 4 members (excludes halogenated alkanes) is 23. The number of hydrogen-bond acceptors (Lipinski definition) is 12. The van der Waals surface area contributed by atoms with Gasteiger partial charge in [0.05, 0.1) is 57.6 Å². The van der Waals surface area contributed by atoms with E-state index in [1.54, 1.807) is 45.3 Å². The third-order valence-corrected chi connectivity index (χ3v) is 21.4. The maximum absolute atomic E-state index is 14.9. The van der Waals surface area contributed by atoms with E-state index in [0.29, 0.717) is 30.9 Å². The van der Waals surface area contributed by atoms with E-state index in [-0.39, 0.29) is 56.5 Å². The van der Waals surface area contributed by atoms with Crippen molar-refractivity contribution in [2.75, 3.05) is 19.8 Å². The molecule has 5 heterocycles. The van der Waals surface area contributed by atoms with Gasteiger partial charge in [-0.2, -0.15) is 8.75 Å². The number of carbonyl (C=O) groups is 2. The molecule has 0 N–H and O–H groups in total. The molecule has 0 fully saturated rings. The Bertz CT molecular complexity index is 3350. The quantitative estimate of drug-likeness (QED) is 0.0283. The third-order valence-electron chi connectivity index (χ3n) is 16.0. The van der Waals surface area contributed by atoms with E-state index < -0.39 is 0 Å². The summed E-state index contributed by atoms with van der Waals surface area (Å²) in [7, 11) is 0. The van der Waals surface area contributed by atoms with Gasteiger partial charge in [0.2, 0.25) is 0 Å². The monoisotopic (exact) mass is 1300 g/mol. The van der Waals surface area contributed by atoms with Crippen molar-refractivity contribution in [3.8, 4) is 57.3 Å². The molecule has 0 radical (unpaired) electrons. The molecule has 0 unspecified atom stereocenters. The predicted octanol–water partition coefficient (Wildman–Crippen LogP) is 27.6. The fraction of sp³-hybridized carbons (Fsp3) is 0.506. The van der Waals surface area contributed by atoms with E-state index in [1.807, 2.05) is 18.2 Å². The smallest absolute Gasteiger partial charge is 0.340 e. The zero-order valence-corrected chi connectivity index (χ0v) is 53.8. The summed E-state index contributed by atoms with van der Waals surface area (Å²) in [6, 6.07) is 33.8. The Balaban J connectivity index is 0.00000345. The van der Waals surface area contributed by atoms with Crippen LogP contribution in [0.15, 0.2) is 97.1 Å². The van der Waals surface area contributed by atoms with Crippen LogP contribution in [0.1, 0.15) is 259 Å². The van der Waals surface area contributed by atoms with Gasteiger partial charge in [-0.25, -0.2) is 9.59 Å². The summed E-state index contributed by atoms with van der Waals surface area (Å²) in [5, 5.41) is 1.47. The molecule has 0 spiro atoms. The molecule has 488 valence electrons. The molecular weight excluding hydrogens is 1190 g/mol. The fourth-order valence-corrected chi connectivity index (χ4v) is 16.6. The molecule has 89 heavy (non-hydrogen) atoms. The Hall–Kier alpha value is -5.24. The lowest BCUT2D eigenvalue weighted by Crippen LogP contribution is -2.11. The van der Waals surface area contributed by atoms with Crippen molar-refractivity contribution in [1.29, 1.82) is 0 Å². The van der Waals surface area contributed by atoms with Crippen LogP contribution < -0.4 is 4.74 Å². The van der Waals surface area contributed by atoms with Gasteiger partial charge in [-0.3, -0.25) is 0 Å². The van der Waals surface area contributed by atoms with Gasteiger partial charge in [0.1, 0.15) is 16.8 Å². The van der Waals surface area contributed by atoms with Crippen molar-refractivity contribution in [3.05, 3.63) is 114 Å². The Kier molecular flexibility index (Phi) is 36.2. The Morgan fingerprint density at radius 2 is 0.742 bits per heavy atom. The first-order valence-electron chi connectivity index (χ1n) is 31.5. The van der Waals surface area contributed by atoms with Crippen molar-refractivity contribution < 1.29 is 23.8 Å². The van der Waals surface area contributed by atoms with Gasteiger partial charge in [0.15, 0.2) is 0 Å². The van der Waals surface area contributed by atoms with Gasteiger partial charge in [-0.15, -0.1) is 45.3 Å². The first kappa shape index (κ1) is 78.0. The number of aromatic nitrogens is 2. The summed E-state index contributed by atoms with van der Waals surface area (Å²) in [5.74, 6) is 0.176. The lowest BCUT2D eigenvalue weighted by molar-refractivity contribution is 0.0490. The second kappa shape index (κ2) is 41.3. The molecule has 0 saturated heterocycles. The number of nitrogens with zero attached hydrogens (tertiary/aromatic N) is 2. The Morgan fingerprint density at radius 3 is 1.21 bits per heavy atom. The number of ether oxygens (including phenoxy) is 3. The van der Waals surface area contributed by atoms with E-state index in [9.17, 15) is 9.59 Å². The molecule has 9 aromatic rings. The SMILES string of the molecule is C.C.C.C.C.C.CCCCCCCCCCCCOC(=O)c1c2cc(-c3ccc(-c4c(C)c(OCCCCCCCC)c(-c5ccc(-c6ccccc6)s5)c5nsnc45)s3)sc2c(C(=O)OCCCCCCCCCCCC)c2cc(-c3ccccc3)sc12. The first-order valence-corrected chi connectivity index (χ1v) is 35.5. The zero-order valence-electron chi connectivity index (χ0n) is 49.7. The molecule has 0 saturated carbocycles. The summed E-state index contributed by atoms with van der Waals surface area (Å²) >= 11 is 7.82. The second-order valence-corrected chi connectivity index (χ2v) is 27.2. The molecule has 5 aromatic heterocycles. The van der Waals surface area contributed by atoms with Crippen molar-refractivity contribution in [3.63, 3.8) is 0 Å². The number of carbonyl (C=O) groups excluding carboxylic acids is 2. The van der Waals surface area contributed by atoms with Crippen LogP contribution >= 0.6 is 57.1 Å². The van der Waals surface area contributed by atoms with Crippen LogP contribution in [0.3, 0.4) is 0 Å². The zero-order chi connectivity index (χ0) is 57.6. The maximum atomic E-state index is 14.9. The molecule has 4 aromatic carbocycles. The van der Waals surface area contributed by atoms with Gasteiger partial charge >= 0.3 is 11.9 Å². The maximum Gasteiger partial charge on any atom is 0.340 e. The molecule has 0 aliphatic heterocycles. The number of esters is 2. The van der Waals surface area contributed by atoms with Gasteiger partial charge in [-0.1, -0.05) is 274 Å². The summed E-state index contributed by atoms with van der Waals surface area (Å²) in [4.78, 5) is 36.1. The van der Waals surface area contributed by atoms with Gasteiger partial charge in [0, 0.05) is 51.2 Å². The van der Waals surface area contributed by atoms with E-state index in [4.69, 9.17) is 23.0 Å². The molecule has 0 aliphatic rings. The van der Waals surface area contributed by atoms with E-state index in [1.165, 1.54) is 138 Å².